The van der Waals surface area contributed by atoms with Crippen LogP contribution < -0.4 is 5.32 Å². The summed E-state index contributed by atoms with van der Waals surface area (Å²) in [4.78, 5) is 2.63. The average Bonchev–Trinajstić information content (AvgIpc) is 2.77. The summed E-state index contributed by atoms with van der Waals surface area (Å²) in [6, 6.07) is 1.46. The van der Waals surface area contributed by atoms with Gasteiger partial charge < -0.3 is 15.0 Å². The molecule has 3 aliphatic heterocycles. The quantitative estimate of drug-likeness (QED) is 0.806. The Hall–Kier alpha value is -0.120. The fourth-order valence-corrected chi connectivity index (χ4v) is 3.86. The molecule has 3 fully saturated rings. The summed E-state index contributed by atoms with van der Waals surface area (Å²) in [5, 5.41) is 3.93. The van der Waals surface area contributed by atoms with Crippen molar-refractivity contribution < 1.29 is 4.74 Å². The van der Waals surface area contributed by atoms with E-state index in [1.807, 2.05) is 0 Å². The van der Waals surface area contributed by atoms with E-state index in [4.69, 9.17) is 4.74 Å². The Labute approximate surface area is 105 Å². The van der Waals surface area contributed by atoms with E-state index in [0.29, 0.717) is 6.04 Å². The van der Waals surface area contributed by atoms with Crippen molar-refractivity contribution in [3.05, 3.63) is 0 Å². The predicted octanol–water partition coefficient (Wildman–Crippen LogP) is 1.49. The molecule has 0 aromatic rings. The van der Waals surface area contributed by atoms with Crippen LogP contribution in [0.1, 0.15) is 32.6 Å². The molecule has 0 radical (unpaired) electrons. The Morgan fingerprint density at radius 2 is 1.88 bits per heavy atom. The molecule has 0 spiro atoms. The molecule has 3 saturated heterocycles. The van der Waals surface area contributed by atoms with Gasteiger partial charge in [-0.3, -0.25) is 0 Å². The van der Waals surface area contributed by atoms with E-state index >= 15 is 0 Å². The van der Waals surface area contributed by atoms with Gasteiger partial charge in [-0.05, 0) is 57.5 Å². The van der Waals surface area contributed by atoms with Crippen molar-refractivity contribution >= 4 is 0 Å². The van der Waals surface area contributed by atoms with Gasteiger partial charge in [-0.2, -0.15) is 0 Å². The maximum atomic E-state index is 5.45. The maximum absolute atomic E-state index is 5.45. The number of nitrogens with one attached hydrogen (secondary N) is 1. The van der Waals surface area contributed by atoms with Gasteiger partial charge in [0.15, 0.2) is 0 Å². The standard InChI is InChI=1S/C14H26N2O/c1-11(12-4-8-17-9-5-12)15-14-3-7-16-6-2-13(14)10-16/h11-15H,2-10H2,1H3. The van der Waals surface area contributed by atoms with E-state index in [9.17, 15) is 0 Å². The van der Waals surface area contributed by atoms with Gasteiger partial charge in [-0.15, -0.1) is 0 Å². The van der Waals surface area contributed by atoms with Gasteiger partial charge in [0, 0.05) is 31.8 Å². The van der Waals surface area contributed by atoms with Crippen molar-refractivity contribution in [1.82, 2.24) is 10.2 Å². The first kappa shape index (κ1) is 11.9. The number of ether oxygens (including phenoxy) is 1. The summed E-state index contributed by atoms with van der Waals surface area (Å²) in [5.74, 6) is 1.76. The van der Waals surface area contributed by atoms with Crippen LogP contribution in [0.15, 0.2) is 0 Å². The smallest absolute Gasteiger partial charge is 0.0469 e. The molecule has 3 rings (SSSR count). The SMILES string of the molecule is CC(NC1CCN2CCC1C2)C1CCOCC1. The largest absolute Gasteiger partial charge is 0.381 e. The highest BCUT2D eigenvalue weighted by Crippen LogP contribution is 2.28. The fraction of sp³-hybridized carbons (Fsp3) is 1.00. The number of nitrogens with zero attached hydrogens (tertiary/aromatic N) is 1. The lowest BCUT2D eigenvalue weighted by molar-refractivity contribution is 0.0518. The minimum Gasteiger partial charge on any atom is -0.381 e. The third-order valence-electron chi connectivity index (χ3n) is 5.08. The third kappa shape index (κ3) is 2.67. The highest BCUT2D eigenvalue weighted by molar-refractivity contribution is 4.92. The maximum Gasteiger partial charge on any atom is 0.0469 e. The van der Waals surface area contributed by atoms with Crippen LogP contribution in [0.4, 0.5) is 0 Å². The van der Waals surface area contributed by atoms with Gasteiger partial charge in [0.05, 0.1) is 0 Å². The minimum absolute atomic E-state index is 0.677. The van der Waals surface area contributed by atoms with Crippen LogP contribution in [0.5, 0.6) is 0 Å². The lowest BCUT2D eigenvalue weighted by atomic mass is 9.89. The first-order valence-electron chi connectivity index (χ1n) is 7.39. The molecule has 17 heavy (non-hydrogen) atoms. The summed E-state index contributed by atoms with van der Waals surface area (Å²) in [6.45, 7) is 8.33. The lowest BCUT2D eigenvalue weighted by Gasteiger charge is -2.36. The molecule has 0 aliphatic carbocycles. The van der Waals surface area contributed by atoms with Crippen LogP contribution in [-0.2, 0) is 4.74 Å². The normalized spacial score (nSPS) is 40.4. The zero-order valence-corrected chi connectivity index (χ0v) is 11.0. The van der Waals surface area contributed by atoms with Gasteiger partial charge >= 0.3 is 0 Å². The summed E-state index contributed by atoms with van der Waals surface area (Å²) in [5.41, 5.74) is 0. The molecule has 0 aromatic carbocycles. The molecule has 3 heterocycles. The first-order chi connectivity index (χ1) is 8.33. The third-order valence-corrected chi connectivity index (χ3v) is 5.08. The van der Waals surface area contributed by atoms with Crippen molar-refractivity contribution in [2.24, 2.45) is 11.8 Å². The van der Waals surface area contributed by atoms with Gasteiger partial charge in [-0.25, -0.2) is 0 Å². The summed E-state index contributed by atoms with van der Waals surface area (Å²) in [7, 11) is 0. The molecule has 4 atom stereocenters. The Morgan fingerprint density at radius 1 is 1.12 bits per heavy atom. The second-order valence-electron chi connectivity index (χ2n) is 6.15. The number of hydrogen-bond acceptors (Lipinski definition) is 3. The van der Waals surface area contributed by atoms with Gasteiger partial charge in [-0.1, -0.05) is 0 Å². The van der Waals surface area contributed by atoms with Crippen LogP contribution in [0.25, 0.3) is 0 Å². The Balaban J connectivity index is 1.51. The fourth-order valence-electron chi connectivity index (χ4n) is 3.86. The molecule has 3 nitrogen and oxygen atoms in total. The topological polar surface area (TPSA) is 24.5 Å². The molecule has 0 saturated carbocycles. The lowest BCUT2D eigenvalue weighted by Crippen LogP contribution is -2.49. The van der Waals surface area contributed by atoms with Crippen molar-refractivity contribution in [3.63, 3.8) is 0 Å². The van der Waals surface area contributed by atoms with Crippen molar-refractivity contribution in [3.8, 4) is 0 Å². The molecule has 1 N–H and O–H groups in total. The molecule has 4 unspecified atom stereocenters. The van der Waals surface area contributed by atoms with Crippen LogP contribution in [-0.4, -0.2) is 49.8 Å². The highest BCUT2D eigenvalue weighted by Gasteiger charge is 2.35. The van der Waals surface area contributed by atoms with E-state index in [2.05, 4.69) is 17.1 Å². The highest BCUT2D eigenvalue weighted by atomic mass is 16.5. The van der Waals surface area contributed by atoms with Gasteiger partial charge in [0.25, 0.3) is 0 Å². The summed E-state index contributed by atoms with van der Waals surface area (Å²) >= 11 is 0. The monoisotopic (exact) mass is 238 g/mol. The van der Waals surface area contributed by atoms with Crippen molar-refractivity contribution in [1.29, 1.82) is 0 Å². The van der Waals surface area contributed by atoms with Crippen LogP contribution in [0.3, 0.4) is 0 Å². The van der Waals surface area contributed by atoms with E-state index in [0.717, 1.165) is 31.1 Å². The van der Waals surface area contributed by atoms with E-state index in [1.165, 1.54) is 45.3 Å². The molecule has 0 aromatic heterocycles. The van der Waals surface area contributed by atoms with Crippen molar-refractivity contribution in [2.45, 2.75) is 44.7 Å². The molecule has 0 amide bonds. The van der Waals surface area contributed by atoms with Gasteiger partial charge in [0.2, 0.25) is 0 Å². The van der Waals surface area contributed by atoms with Crippen LogP contribution >= 0.6 is 0 Å². The first-order valence-corrected chi connectivity index (χ1v) is 7.39. The average molecular weight is 238 g/mol. The summed E-state index contributed by atoms with van der Waals surface area (Å²) in [6.07, 6.45) is 5.27. The predicted molar refractivity (Wildman–Crippen MR) is 69.1 cm³/mol. The van der Waals surface area contributed by atoms with Gasteiger partial charge in [0.1, 0.15) is 0 Å². The number of piperidine rings is 1. The van der Waals surface area contributed by atoms with E-state index < -0.39 is 0 Å². The number of hydrogen-bond donors (Lipinski definition) is 1. The van der Waals surface area contributed by atoms with Crippen molar-refractivity contribution in [2.75, 3.05) is 32.8 Å². The molecule has 3 aliphatic rings. The molecule has 98 valence electrons. The van der Waals surface area contributed by atoms with Crippen LogP contribution in [0, 0.1) is 11.8 Å². The minimum atomic E-state index is 0.677. The van der Waals surface area contributed by atoms with Crippen LogP contribution in [0.2, 0.25) is 0 Å². The number of fused-ring (bicyclic) bond motifs is 2. The Morgan fingerprint density at radius 3 is 2.71 bits per heavy atom. The zero-order valence-electron chi connectivity index (χ0n) is 11.0. The molecule has 3 heteroatoms. The zero-order chi connectivity index (χ0) is 11.7. The second-order valence-corrected chi connectivity index (χ2v) is 6.15. The molecular formula is C14H26N2O. The molecular weight excluding hydrogens is 212 g/mol. The Kier molecular flexibility index (Phi) is 3.69. The number of rotatable bonds is 3. The summed E-state index contributed by atoms with van der Waals surface area (Å²) < 4.78 is 5.45. The van der Waals surface area contributed by atoms with E-state index in [-0.39, 0.29) is 0 Å². The second kappa shape index (κ2) is 5.25. The Bertz CT molecular complexity index is 253. The van der Waals surface area contributed by atoms with E-state index in [1.54, 1.807) is 0 Å². The molecule has 2 bridgehead atoms.